The van der Waals surface area contributed by atoms with Gasteiger partial charge in [0.1, 0.15) is 5.76 Å². The first kappa shape index (κ1) is 24.4. The van der Waals surface area contributed by atoms with E-state index in [-0.39, 0.29) is 29.4 Å². The molecular formula is C22H40IN5O. The second-order valence-electron chi connectivity index (χ2n) is 9.47. The maximum absolute atomic E-state index is 5.86. The van der Waals surface area contributed by atoms with E-state index in [1.807, 2.05) is 13.2 Å². The number of aliphatic imine (C=N–C) groups is 1. The van der Waals surface area contributed by atoms with Gasteiger partial charge in [0.15, 0.2) is 5.96 Å². The predicted octanol–water partition coefficient (Wildman–Crippen LogP) is 4.30. The molecule has 0 spiro atoms. The zero-order valence-electron chi connectivity index (χ0n) is 18.7. The predicted molar refractivity (Wildman–Crippen MR) is 130 cm³/mol. The summed E-state index contributed by atoms with van der Waals surface area (Å²) in [5, 5.41) is 6.85. The van der Waals surface area contributed by atoms with E-state index >= 15 is 0 Å². The van der Waals surface area contributed by atoms with Crippen LogP contribution in [0.3, 0.4) is 0 Å². The van der Waals surface area contributed by atoms with Gasteiger partial charge in [-0.15, -0.1) is 24.0 Å². The fourth-order valence-electron chi connectivity index (χ4n) is 4.40. The van der Waals surface area contributed by atoms with Crippen LogP contribution in [0.25, 0.3) is 0 Å². The molecule has 29 heavy (non-hydrogen) atoms. The summed E-state index contributed by atoms with van der Waals surface area (Å²) in [7, 11) is 1.82. The summed E-state index contributed by atoms with van der Waals surface area (Å²) in [6, 6.07) is 0.620. The van der Waals surface area contributed by atoms with E-state index < -0.39 is 0 Å². The molecule has 1 saturated carbocycles. The average Bonchev–Trinajstić information content (AvgIpc) is 3.32. The fourth-order valence-corrected chi connectivity index (χ4v) is 4.40. The number of nitrogens with zero attached hydrogens (tertiary/aromatic N) is 3. The van der Waals surface area contributed by atoms with Gasteiger partial charge in [0, 0.05) is 31.6 Å². The van der Waals surface area contributed by atoms with Gasteiger partial charge in [0.05, 0.1) is 12.7 Å². The van der Waals surface area contributed by atoms with Crippen molar-refractivity contribution in [3.05, 3.63) is 17.8 Å². The molecule has 1 saturated heterocycles. The molecule has 2 fully saturated rings. The molecule has 2 N–H and O–H groups in total. The lowest BCUT2D eigenvalue weighted by Crippen LogP contribution is -2.45. The van der Waals surface area contributed by atoms with Crippen molar-refractivity contribution in [3.8, 4) is 0 Å². The molecule has 2 heterocycles. The molecule has 0 amide bonds. The van der Waals surface area contributed by atoms with Crippen molar-refractivity contribution in [2.75, 3.05) is 26.7 Å². The van der Waals surface area contributed by atoms with Crippen molar-refractivity contribution >= 4 is 29.9 Å². The first-order valence-electron chi connectivity index (χ1n) is 11.1. The summed E-state index contributed by atoms with van der Waals surface area (Å²) in [5.74, 6) is 3.35. The lowest BCUT2D eigenvalue weighted by Gasteiger charge is -2.31. The standard InChI is InChI=1S/C22H39N5O.HI/c1-22(2,3)19-14-24-20(28-19)15-26-21(23-4)25-13-18-11-8-12-27(18)16-17-9-6-5-7-10-17;/h14,17-18H,5-13,15-16H2,1-4H3,(H2,23,25,26);1H. The van der Waals surface area contributed by atoms with Crippen LogP contribution in [0.1, 0.15) is 77.4 Å². The lowest BCUT2D eigenvalue weighted by molar-refractivity contribution is 0.188. The Balaban J connectivity index is 0.00000300. The van der Waals surface area contributed by atoms with Gasteiger partial charge < -0.3 is 15.1 Å². The van der Waals surface area contributed by atoms with E-state index in [2.05, 4.69) is 46.3 Å². The van der Waals surface area contributed by atoms with Crippen LogP contribution >= 0.6 is 24.0 Å². The molecule has 1 aliphatic carbocycles. The Morgan fingerprint density at radius 2 is 1.93 bits per heavy atom. The Morgan fingerprint density at radius 3 is 2.59 bits per heavy atom. The minimum absolute atomic E-state index is 0. The highest BCUT2D eigenvalue weighted by molar-refractivity contribution is 14.0. The van der Waals surface area contributed by atoms with Crippen LogP contribution in [-0.4, -0.2) is 48.6 Å². The van der Waals surface area contributed by atoms with Gasteiger partial charge in [0.25, 0.3) is 0 Å². The molecule has 0 aromatic carbocycles. The van der Waals surface area contributed by atoms with Gasteiger partial charge in [-0.2, -0.15) is 0 Å². The highest BCUT2D eigenvalue weighted by Gasteiger charge is 2.27. The Labute approximate surface area is 193 Å². The highest BCUT2D eigenvalue weighted by Crippen LogP contribution is 2.27. The maximum Gasteiger partial charge on any atom is 0.213 e. The average molecular weight is 518 g/mol. The van der Waals surface area contributed by atoms with Gasteiger partial charge in [-0.05, 0) is 38.1 Å². The van der Waals surface area contributed by atoms with Gasteiger partial charge in [-0.3, -0.25) is 9.89 Å². The van der Waals surface area contributed by atoms with Crippen molar-refractivity contribution in [2.24, 2.45) is 10.9 Å². The molecule has 6 nitrogen and oxygen atoms in total. The van der Waals surface area contributed by atoms with Crippen molar-refractivity contribution in [1.29, 1.82) is 0 Å². The number of halogens is 1. The molecule has 1 aliphatic heterocycles. The summed E-state index contributed by atoms with van der Waals surface area (Å²) < 4.78 is 5.86. The van der Waals surface area contributed by atoms with Gasteiger partial charge in [0.2, 0.25) is 5.89 Å². The normalized spacial score (nSPS) is 21.8. The van der Waals surface area contributed by atoms with Gasteiger partial charge >= 0.3 is 0 Å². The number of nitrogens with one attached hydrogen (secondary N) is 2. The van der Waals surface area contributed by atoms with Gasteiger partial charge in [-0.25, -0.2) is 4.98 Å². The quantitative estimate of drug-likeness (QED) is 0.335. The molecule has 0 bridgehead atoms. The summed E-state index contributed by atoms with van der Waals surface area (Å²) in [5.41, 5.74) is -0.0184. The number of hydrogen-bond acceptors (Lipinski definition) is 4. The Morgan fingerprint density at radius 1 is 1.17 bits per heavy atom. The lowest BCUT2D eigenvalue weighted by atomic mass is 9.89. The molecule has 3 rings (SSSR count). The summed E-state index contributed by atoms with van der Waals surface area (Å²) in [6.07, 6.45) is 11.6. The number of guanidine groups is 1. The summed E-state index contributed by atoms with van der Waals surface area (Å²) in [6.45, 7) is 10.4. The molecule has 7 heteroatoms. The van der Waals surface area contributed by atoms with Crippen molar-refractivity contribution in [2.45, 2.75) is 83.7 Å². The molecule has 1 atom stereocenters. The molecule has 166 valence electrons. The molecule has 1 aromatic rings. The number of likely N-dealkylation sites (tertiary alicyclic amines) is 1. The van der Waals surface area contributed by atoms with E-state index in [4.69, 9.17) is 4.42 Å². The summed E-state index contributed by atoms with van der Waals surface area (Å²) in [4.78, 5) is 11.5. The maximum atomic E-state index is 5.86. The number of oxazole rings is 1. The van der Waals surface area contributed by atoms with Crippen LogP contribution < -0.4 is 10.6 Å². The van der Waals surface area contributed by atoms with Crippen molar-refractivity contribution < 1.29 is 4.42 Å². The minimum Gasteiger partial charge on any atom is -0.443 e. The van der Waals surface area contributed by atoms with E-state index in [1.165, 1.54) is 58.0 Å². The zero-order chi connectivity index (χ0) is 20.0. The Hall–Kier alpha value is -0.830. The third kappa shape index (κ3) is 7.42. The van der Waals surface area contributed by atoms with E-state index in [0.29, 0.717) is 18.5 Å². The van der Waals surface area contributed by atoms with Crippen LogP contribution in [0, 0.1) is 5.92 Å². The molecule has 0 radical (unpaired) electrons. The second kappa shape index (κ2) is 11.5. The fraction of sp³-hybridized carbons (Fsp3) is 0.818. The Kier molecular flexibility index (Phi) is 9.72. The van der Waals surface area contributed by atoms with E-state index in [9.17, 15) is 0 Å². The largest absolute Gasteiger partial charge is 0.443 e. The molecule has 2 aliphatic rings. The van der Waals surface area contributed by atoms with Crippen LogP contribution in [0.4, 0.5) is 0 Å². The topological polar surface area (TPSA) is 65.7 Å². The zero-order valence-corrected chi connectivity index (χ0v) is 21.0. The first-order valence-corrected chi connectivity index (χ1v) is 11.1. The second-order valence-corrected chi connectivity index (χ2v) is 9.47. The summed E-state index contributed by atoms with van der Waals surface area (Å²) >= 11 is 0. The first-order chi connectivity index (χ1) is 13.5. The molecular weight excluding hydrogens is 477 g/mol. The molecule has 1 aromatic heterocycles. The molecule has 1 unspecified atom stereocenters. The van der Waals surface area contributed by atoms with Crippen molar-refractivity contribution in [3.63, 3.8) is 0 Å². The number of aromatic nitrogens is 1. The van der Waals surface area contributed by atoms with Crippen LogP contribution in [0.5, 0.6) is 0 Å². The Bertz CT molecular complexity index is 633. The van der Waals surface area contributed by atoms with Gasteiger partial charge in [-0.1, -0.05) is 40.0 Å². The van der Waals surface area contributed by atoms with Crippen LogP contribution in [0.15, 0.2) is 15.6 Å². The third-order valence-electron chi connectivity index (χ3n) is 6.15. The van der Waals surface area contributed by atoms with E-state index in [1.54, 1.807) is 0 Å². The smallest absolute Gasteiger partial charge is 0.213 e. The minimum atomic E-state index is -0.0184. The highest BCUT2D eigenvalue weighted by atomic mass is 127. The monoisotopic (exact) mass is 517 g/mol. The van der Waals surface area contributed by atoms with Crippen LogP contribution in [0.2, 0.25) is 0 Å². The van der Waals surface area contributed by atoms with E-state index in [0.717, 1.165) is 24.2 Å². The van der Waals surface area contributed by atoms with Crippen molar-refractivity contribution in [1.82, 2.24) is 20.5 Å². The SMILES string of the molecule is CN=C(NCc1ncc(C(C)(C)C)o1)NCC1CCCN1CC1CCCCC1.I. The van der Waals surface area contributed by atoms with Crippen LogP contribution in [-0.2, 0) is 12.0 Å². The number of hydrogen-bond donors (Lipinski definition) is 2. The third-order valence-corrected chi connectivity index (χ3v) is 6.15. The number of rotatable bonds is 6.